The third-order valence-electron chi connectivity index (χ3n) is 5.99. The van der Waals surface area contributed by atoms with Crippen molar-refractivity contribution in [2.45, 2.75) is 31.7 Å². The van der Waals surface area contributed by atoms with Gasteiger partial charge in [-0.3, -0.25) is 4.79 Å². The van der Waals surface area contributed by atoms with Crippen molar-refractivity contribution >= 4 is 10.8 Å². The Bertz CT molecular complexity index is 1090. The van der Waals surface area contributed by atoms with Gasteiger partial charge < -0.3 is 14.4 Å². The summed E-state index contributed by atoms with van der Waals surface area (Å²) in [6.45, 7) is 2.05. The number of aromatic nitrogens is 2. The van der Waals surface area contributed by atoms with Gasteiger partial charge in [-0.05, 0) is 63.2 Å². The fraction of sp³-hybridized carbons (Fsp3) is 0.417. The largest absolute Gasteiger partial charge is 0.493 e. The average Bonchev–Trinajstić information content (AvgIpc) is 3.00. The quantitative estimate of drug-likeness (QED) is 0.646. The second-order valence-corrected chi connectivity index (χ2v) is 8.00. The van der Waals surface area contributed by atoms with Gasteiger partial charge in [0.25, 0.3) is 5.56 Å². The SMILES string of the molecule is COc1ccc(Cc2nn(C3CCCN(C)CC3)c(=O)c3ccccc23)cc1OC. The summed E-state index contributed by atoms with van der Waals surface area (Å²) in [4.78, 5) is 15.6. The van der Waals surface area contributed by atoms with Crippen LogP contribution in [-0.2, 0) is 6.42 Å². The Morgan fingerprint density at radius 3 is 2.53 bits per heavy atom. The maximum absolute atomic E-state index is 13.3. The van der Waals surface area contributed by atoms with Gasteiger partial charge in [0.1, 0.15) is 0 Å². The topological polar surface area (TPSA) is 56.6 Å². The van der Waals surface area contributed by atoms with Crippen LogP contribution in [0.5, 0.6) is 11.5 Å². The van der Waals surface area contributed by atoms with Gasteiger partial charge in [0.2, 0.25) is 0 Å². The first kappa shape index (κ1) is 20.4. The molecule has 1 atom stereocenters. The fourth-order valence-electron chi connectivity index (χ4n) is 4.30. The molecule has 3 aromatic rings. The smallest absolute Gasteiger partial charge is 0.274 e. The van der Waals surface area contributed by atoms with Crippen molar-refractivity contribution < 1.29 is 9.47 Å². The van der Waals surface area contributed by atoms with E-state index in [0.717, 1.165) is 54.4 Å². The monoisotopic (exact) mass is 407 g/mol. The zero-order chi connectivity index (χ0) is 21.1. The number of methoxy groups -OCH3 is 2. The van der Waals surface area contributed by atoms with Gasteiger partial charge in [-0.15, -0.1) is 0 Å². The molecule has 1 saturated heterocycles. The zero-order valence-corrected chi connectivity index (χ0v) is 17.9. The highest BCUT2D eigenvalue weighted by atomic mass is 16.5. The van der Waals surface area contributed by atoms with E-state index < -0.39 is 0 Å². The molecular weight excluding hydrogens is 378 g/mol. The fourth-order valence-corrected chi connectivity index (χ4v) is 4.30. The van der Waals surface area contributed by atoms with Crippen LogP contribution in [0.15, 0.2) is 47.3 Å². The molecule has 1 aliphatic heterocycles. The Balaban J connectivity index is 1.77. The van der Waals surface area contributed by atoms with Gasteiger partial charge in [-0.1, -0.05) is 24.3 Å². The molecule has 0 bridgehead atoms. The van der Waals surface area contributed by atoms with Crippen molar-refractivity contribution in [3.8, 4) is 11.5 Å². The minimum atomic E-state index is 0.0104. The molecular formula is C24H29N3O3. The first-order valence-corrected chi connectivity index (χ1v) is 10.5. The Hall–Kier alpha value is -2.86. The van der Waals surface area contributed by atoms with E-state index in [1.54, 1.807) is 18.9 Å². The normalized spacial score (nSPS) is 17.6. The van der Waals surface area contributed by atoms with Crippen molar-refractivity contribution in [2.75, 3.05) is 34.4 Å². The molecule has 1 aromatic heterocycles. The van der Waals surface area contributed by atoms with Gasteiger partial charge in [0.15, 0.2) is 11.5 Å². The molecule has 6 nitrogen and oxygen atoms in total. The molecule has 1 aliphatic rings. The first-order chi connectivity index (χ1) is 14.6. The van der Waals surface area contributed by atoms with Crippen LogP contribution in [0.3, 0.4) is 0 Å². The van der Waals surface area contributed by atoms with Gasteiger partial charge in [-0.25, -0.2) is 4.68 Å². The predicted molar refractivity (Wildman–Crippen MR) is 119 cm³/mol. The summed E-state index contributed by atoms with van der Waals surface area (Å²) in [5, 5.41) is 6.55. The van der Waals surface area contributed by atoms with E-state index in [2.05, 4.69) is 11.9 Å². The van der Waals surface area contributed by atoms with Crippen LogP contribution in [0.25, 0.3) is 10.8 Å². The lowest BCUT2D eigenvalue weighted by molar-refractivity contribution is 0.334. The van der Waals surface area contributed by atoms with E-state index in [4.69, 9.17) is 14.6 Å². The third-order valence-corrected chi connectivity index (χ3v) is 5.99. The Morgan fingerprint density at radius 2 is 1.77 bits per heavy atom. The molecule has 1 unspecified atom stereocenters. The van der Waals surface area contributed by atoms with Crippen molar-refractivity contribution in [3.63, 3.8) is 0 Å². The van der Waals surface area contributed by atoms with Crippen molar-refractivity contribution in [2.24, 2.45) is 0 Å². The molecule has 0 spiro atoms. The van der Waals surface area contributed by atoms with Crippen LogP contribution in [0.2, 0.25) is 0 Å². The summed E-state index contributed by atoms with van der Waals surface area (Å²) in [5.74, 6) is 1.39. The number of hydrogen-bond donors (Lipinski definition) is 0. The molecule has 158 valence electrons. The zero-order valence-electron chi connectivity index (χ0n) is 17.9. The summed E-state index contributed by atoms with van der Waals surface area (Å²) in [7, 11) is 5.41. The van der Waals surface area contributed by atoms with E-state index in [0.29, 0.717) is 17.9 Å². The highest BCUT2D eigenvalue weighted by Gasteiger charge is 2.21. The molecule has 0 aliphatic carbocycles. The van der Waals surface area contributed by atoms with Gasteiger partial charge in [0.05, 0.1) is 31.3 Å². The number of likely N-dealkylation sites (tertiary alicyclic amines) is 1. The maximum atomic E-state index is 13.3. The van der Waals surface area contributed by atoms with E-state index in [1.807, 2.05) is 42.5 Å². The molecule has 2 aromatic carbocycles. The number of rotatable bonds is 5. The summed E-state index contributed by atoms with van der Waals surface area (Å²) < 4.78 is 12.6. The molecule has 30 heavy (non-hydrogen) atoms. The van der Waals surface area contributed by atoms with Crippen LogP contribution < -0.4 is 15.0 Å². The Kier molecular flexibility index (Phi) is 6.04. The van der Waals surface area contributed by atoms with Crippen molar-refractivity contribution in [3.05, 3.63) is 64.1 Å². The molecule has 1 fully saturated rings. The van der Waals surface area contributed by atoms with Crippen LogP contribution in [-0.4, -0.2) is 49.0 Å². The second-order valence-electron chi connectivity index (χ2n) is 8.00. The third kappa shape index (κ3) is 4.05. The lowest BCUT2D eigenvalue weighted by atomic mass is 10.0. The average molecular weight is 408 g/mol. The molecule has 6 heteroatoms. The lowest BCUT2D eigenvalue weighted by Crippen LogP contribution is -2.29. The summed E-state index contributed by atoms with van der Waals surface area (Å²) in [5.41, 5.74) is 1.99. The lowest BCUT2D eigenvalue weighted by Gasteiger charge is -2.19. The van der Waals surface area contributed by atoms with Crippen LogP contribution in [0, 0.1) is 0 Å². The van der Waals surface area contributed by atoms with Crippen LogP contribution in [0.1, 0.15) is 36.6 Å². The summed E-state index contributed by atoms with van der Waals surface area (Å²) in [6.07, 6.45) is 3.61. The number of benzene rings is 2. The van der Waals surface area contributed by atoms with Gasteiger partial charge in [0, 0.05) is 11.8 Å². The van der Waals surface area contributed by atoms with Crippen molar-refractivity contribution in [1.82, 2.24) is 14.7 Å². The molecule has 4 rings (SSSR count). The first-order valence-electron chi connectivity index (χ1n) is 10.5. The van der Waals surface area contributed by atoms with Crippen molar-refractivity contribution in [1.29, 1.82) is 0 Å². The number of hydrogen-bond acceptors (Lipinski definition) is 5. The van der Waals surface area contributed by atoms with E-state index in [9.17, 15) is 4.79 Å². The van der Waals surface area contributed by atoms with E-state index >= 15 is 0 Å². The molecule has 0 N–H and O–H groups in total. The number of ether oxygens (including phenoxy) is 2. The predicted octanol–water partition coefficient (Wildman–Crippen LogP) is 3.66. The molecule has 2 heterocycles. The highest BCUT2D eigenvalue weighted by Crippen LogP contribution is 2.29. The number of nitrogens with zero attached hydrogens (tertiary/aromatic N) is 3. The van der Waals surface area contributed by atoms with E-state index in [-0.39, 0.29) is 11.6 Å². The Morgan fingerprint density at radius 1 is 1.00 bits per heavy atom. The van der Waals surface area contributed by atoms with Crippen LogP contribution in [0.4, 0.5) is 0 Å². The summed E-state index contributed by atoms with van der Waals surface area (Å²) in [6, 6.07) is 13.8. The number of fused-ring (bicyclic) bond motifs is 1. The highest BCUT2D eigenvalue weighted by molar-refractivity contribution is 5.83. The van der Waals surface area contributed by atoms with Crippen LogP contribution >= 0.6 is 0 Å². The summed E-state index contributed by atoms with van der Waals surface area (Å²) >= 11 is 0. The Labute approximate surface area is 177 Å². The molecule has 0 amide bonds. The van der Waals surface area contributed by atoms with Gasteiger partial charge in [-0.2, -0.15) is 5.10 Å². The van der Waals surface area contributed by atoms with Gasteiger partial charge >= 0.3 is 0 Å². The molecule has 0 radical (unpaired) electrons. The minimum absolute atomic E-state index is 0.0104. The van der Waals surface area contributed by atoms with E-state index in [1.165, 1.54) is 0 Å². The molecule has 0 saturated carbocycles. The standard InChI is InChI=1S/C24H29N3O3/c1-26-13-6-7-18(12-14-26)27-24(28)20-9-5-4-8-19(20)21(25-27)15-17-10-11-22(29-2)23(16-17)30-3/h4-5,8-11,16,18H,6-7,12-15H2,1-3H3. The maximum Gasteiger partial charge on any atom is 0.274 e. The second kappa shape index (κ2) is 8.88. The minimum Gasteiger partial charge on any atom is -0.493 e.